The highest BCUT2D eigenvalue weighted by Crippen LogP contribution is 2.33. The van der Waals surface area contributed by atoms with E-state index in [1.165, 1.54) is 21.9 Å². The van der Waals surface area contributed by atoms with Gasteiger partial charge >= 0.3 is 0 Å². The molecule has 0 aliphatic rings. The van der Waals surface area contributed by atoms with Gasteiger partial charge in [0.05, 0.1) is 5.52 Å². The molecule has 0 fully saturated rings. The standard InChI is InChI=1S/C16H15NO/c1-9-5-4-6-13-14(9)15-11(3)10(2)7-12(8-18)16(15)17-13/h4-8,17H,1-3H3. The van der Waals surface area contributed by atoms with Gasteiger partial charge in [-0.25, -0.2) is 0 Å². The molecule has 0 radical (unpaired) electrons. The highest BCUT2D eigenvalue weighted by Gasteiger charge is 2.13. The van der Waals surface area contributed by atoms with Crippen molar-refractivity contribution in [2.45, 2.75) is 20.8 Å². The van der Waals surface area contributed by atoms with E-state index in [0.29, 0.717) is 0 Å². The third-order valence-corrected chi connectivity index (χ3v) is 3.79. The summed E-state index contributed by atoms with van der Waals surface area (Å²) in [5.74, 6) is 0. The minimum Gasteiger partial charge on any atom is -0.354 e. The molecule has 1 N–H and O–H groups in total. The average molecular weight is 237 g/mol. The fraction of sp³-hybridized carbons (Fsp3) is 0.188. The van der Waals surface area contributed by atoms with Gasteiger partial charge in [-0.15, -0.1) is 0 Å². The van der Waals surface area contributed by atoms with Crippen molar-refractivity contribution in [3.05, 3.63) is 46.5 Å². The quantitative estimate of drug-likeness (QED) is 0.636. The van der Waals surface area contributed by atoms with Crippen LogP contribution >= 0.6 is 0 Å². The van der Waals surface area contributed by atoms with Gasteiger partial charge in [0.2, 0.25) is 0 Å². The van der Waals surface area contributed by atoms with Gasteiger partial charge in [0.15, 0.2) is 6.29 Å². The van der Waals surface area contributed by atoms with Crippen LogP contribution in [0.5, 0.6) is 0 Å². The van der Waals surface area contributed by atoms with Crippen molar-refractivity contribution < 1.29 is 4.79 Å². The van der Waals surface area contributed by atoms with Crippen LogP contribution in [0.1, 0.15) is 27.0 Å². The van der Waals surface area contributed by atoms with Gasteiger partial charge in [0.25, 0.3) is 0 Å². The molecule has 2 aromatic carbocycles. The molecule has 0 atom stereocenters. The molecule has 0 saturated carbocycles. The van der Waals surface area contributed by atoms with Crippen LogP contribution in [-0.4, -0.2) is 11.3 Å². The zero-order chi connectivity index (χ0) is 12.9. The summed E-state index contributed by atoms with van der Waals surface area (Å²) in [4.78, 5) is 14.6. The van der Waals surface area contributed by atoms with Crippen molar-refractivity contribution in [2.24, 2.45) is 0 Å². The van der Waals surface area contributed by atoms with Crippen LogP contribution in [0.3, 0.4) is 0 Å². The van der Waals surface area contributed by atoms with E-state index in [2.05, 4.69) is 37.9 Å². The number of hydrogen-bond donors (Lipinski definition) is 1. The Hall–Kier alpha value is -2.09. The molecule has 0 unspecified atom stereocenters. The summed E-state index contributed by atoms with van der Waals surface area (Å²) < 4.78 is 0. The number of rotatable bonds is 1. The topological polar surface area (TPSA) is 32.9 Å². The first kappa shape index (κ1) is 11.0. The Kier molecular flexibility index (Phi) is 2.27. The monoisotopic (exact) mass is 237 g/mol. The molecule has 2 heteroatoms. The number of aromatic amines is 1. The van der Waals surface area contributed by atoms with Crippen LogP contribution in [-0.2, 0) is 0 Å². The maximum absolute atomic E-state index is 11.2. The number of aromatic nitrogens is 1. The van der Waals surface area contributed by atoms with E-state index >= 15 is 0 Å². The molecule has 1 aromatic heterocycles. The number of H-pyrrole nitrogens is 1. The van der Waals surface area contributed by atoms with Crippen LogP contribution in [0.25, 0.3) is 21.8 Å². The van der Waals surface area contributed by atoms with Crippen molar-refractivity contribution in [3.8, 4) is 0 Å². The van der Waals surface area contributed by atoms with Crippen LogP contribution in [0.4, 0.5) is 0 Å². The molecule has 0 aliphatic heterocycles. The van der Waals surface area contributed by atoms with Gasteiger partial charge in [-0.1, -0.05) is 12.1 Å². The smallest absolute Gasteiger partial charge is 0.152 e. The second-order valence-electron chi connectivity index (χ2n) is 4.90. The summed E-state index contributed by atoms with van der Waals surface area (Å²) in [6.45, 7) is 6.28. The number of nitrogens with one attached hydrogen (secondary N) is 1. The van der Waals surface area contributed by atoms with Crippen LogP contribution in [0.2, 0.25) is 0 Å². The predicted molar refractivity (Wildman–Crippen MR) is 75.4 cm³/mol. The fourth-order valence-electron chi connectivity index (χ4n) is 2.72. The van der Waals surface area contributed by atoms with Crippen molar-refractivity contribution >= 4 is 28.1 Å². The summed E-state index contributed by atoms with van der Waals surface area (Å²) in [5, 5.41) is 2.42. The van der Waals surface area contributed by atoms with E-state index in [1.807, 2.05) is 12.1 Å². The second kappa shape index (κ2) is 3.70. The largest absolute Gasteiger partial charge is 0.354 e. The number of fused-ring (bicyclic) bond motifs is 3. The summed E-state index contributed by atoms with van der Waals surface area (Å²) >= 11 is 0. The first-order valence-electron chi connectivity index (χ1n) is 6.10. The Morgan fingerprint density at radius 3 is 2.56 bits per heavy atom. The number of aryl methyl sites for hydroxylation is 3. The molecule has 0 amide bonds. The normalized spacial score (nSPS) is 11.3. The molecule has 0 bridgehead atoms. The molecule has 0 aliphatic carbocycles. The van der Waals surface area contributed by atoms with E-state index in [0.717, 1.165) is 28.4 Å². The maximum atomic E-state index is 11.2. The predicted octanol–water partition coefficient (Wildman–Crippen LogP) is 4.06. The molecule has 0 saturated heterocycles. The van der Waals surface area contributed by atoms with Gasteiger partial charge in [-0.2, -0.15) is 0 Å². The van der Waals surface area contributed by atoms with Crippen molar-refractivity contribution in [1.29, 1.82) is 0 Å². The Balaban J connectivity index is 2.67. The van der Waals surface area contributed by atoms with Crippen LogP contribution in [0.15, 0.2) is 24.3 Å². The van der Waals surface area contributed by atoms with Gasteiger partial charge in [0.1, 0.15) is 0 Å². The minimum atomic E-state index is 0.740. The highest BCUT2D eigenvalue weighted by atomic mass is 16.1. The van der Waals surface area contributed by atoms with E-state index < -0.39 is 0 Å². The molecule has 1 heterocycles. The molecule has 18 heavy (non-hydrogen) atoms. The van der Waals surface area contributed by atoms with Crippen molar-refractivity contribution in [2.75, 3.05) is 0 Å². The van der Waals surface area contributed by atoms with E-state index in [-0.39, 0.29) is 0 Å². The zero-order valence-electron chi connectivity index (χ0n) is 10.8. The Morgan fingerprint density at radius 1 is 1.06 bits per heavy atom. The lowest BCUT2D eigenvalue weighted by molar-refractivity contribution is 0.112. The summed E-state index contributed by atoms with van der Waals surface area (Å²) in [5.41, 5.74) is 6.44. The maximum Gasteiger partial charge on any atom is 0.152 e. The first-order valence-corrected chi connectivity index (χ1v) is 6.10. The molecular weight excluding hydrogens is 222 g/mol. The number of benzene rings is 2. The number of carbonyl (C=O) groups excluding carboxylic acids is 1. The number of hydrogen-bond acceptors (Lipinski definition) is 1. The van der Waals surface area contributed by atoms with Crippen molar-refractivity contribution in [3.63, 3.8) is 0 Å². The van der Waals surface area contributed by atoms with Crippen LogP contribution < -0.4 is 0 Å². The Morgan fingerprint density at radius 2 is 1.83 bits per heavy atom. The lowest BCUT2D eigenvalue weighted by Crippen LogP contribution is -1.89. The van der Waals surface area contributed by atoms with E-state index in [9.17, 15) is 4.79 Å². The zero-order valence-corrected chi connectivity index (χ0v) is 10.8. The lowest BCUT2D eigenvalue weighted by atomic mass is 9.98. The van der Waals surface area contributed by atoms with E-state index in [4.69, 9.17) is 0 Å². The SMILES string of the molecule is Cc1cc(C=O)c2[nH]c3cccc(C)c3c2c1C. The van der Waals surface area contributed by atoms with Gasteiger partial charge in [0, 0.05) is 21.9 Å². The molecule has 0 spiro atoms. The summed E-state index contributed by atoms with van der Waals surface area (Å²) in [7, 11) is 0. The fourth-order valence-corrected chi connectivity index (χ4v) is 2.72. The molecule has 90 valence electrons. The molecule has 3 aromatic rings. The Bertz CT molecular complexity index is 781. The van der Waals surface area contributed by atoms with Gasteiger partial charge in [-0.05, 0) is 49.6 Å². The summed E-state index contributed by atoms with van der Waals surface area (Å²) in [6.07, 6.45) is 0.930. The molecular formula is C16H15NO. The number of carbonyl (C=O) groups is 1. The summed E-state index contributed by atoms with van der Waals surface area (Å²) in [6, 6.07) is 8.16. The Labute approximate surface area is 106 Å². The molecule has 3 rings (SSSR count). The third kappa shape index (κ3) is 1.32. The molecule has 2 nitrogen and oxygen atoms in total. The highest BCUT2D eigenvalue weighted by molar-refractivity contribution is 6.14. The third-order valence-electron chi connectivity index (χ3n) is 3.79. The number of aldehydes is 1. The van der Waals surface area contributed by atoms with Crippen LogP contribution in [0, 0.1) is 20.8 Å². The van der Waals surface area contributed by atoms with Gasteiger partial charge < -0.3 is 4.98 Å². The second-order valence-corrected chi connectivity index (χ2v) is 4.90. The first-order chi connectivity index (χ1) is 8.63. The van der Waals surface area contributed by atoms with Gasteiger partial charge in [-0.3, -0.25) is 4.79 Å². The lowest BCUT2D eigenvalue weighted by Gasteiger charge is -2.05. The minimum absolute atomic E-state index is 0.740. The van der Waals surface area contributed by atoms with E-state index in [1.54, 1.807) is 0 Å². The average Bonchev–Trinajstić information content (AvgIpc) is 2.74. The van der Waals surface area contributed by atoms with Crippen molar-refractivity contribution in [1.82, 2.24) is 4.98 Å².